The molecule has 2 aromatic rings. The Hall–Kier alpha value is -3.14. The largest absolute Gasteiger partial charge is 0.466 e. The molecular weight excluding hydrogens is 340 g/mol. The summed E-state index contributed by atoms with van der Waals surface area (Å²) in [6.45, 7) is 1.59. The van der Waals surface area contributed by atoms with Gasteiger partial charge in [-0.1, -0.05) is 42.5 Å². The number of hydrogen-bond donors (Lipinski definition) is 0. The quantitative estimate of drug-likeness (QED) is 0.608. The summed E-state index contributed by atoms with van der Waals surface area (Å²) in [4.78, 5) is 22.7. The summed E-state index contributed by atoms with van der Waals surface area (Å²) in [6, 6.07) is 8.55. The molecule has 0 amide bonds. The van der Waals surface area contributed by atoms with Gasteiger partial charge in [0.05, 0.1) is 6.61 Å². The second-order valence-electron chi connectivity index (χ2n) is 6.70. The minimum absolute atomic E-state index is 0.220. The maximum absolute atomic E-state index is 12.0. The highest BCUT2D eigenvalue weighted by Gasteiger charge is 2.13. The molecule has 0 spiro atoms. The number of ether oxygens (including phenoxy) is 2. The van der Waals surface area contributed by atoms with Crippen LogP contribution in [0.25, 0.3) is 29.0 Å². The monoisotopic (exact) mass is 360 g/mol. The number of hydrogen-bond acceptors (Lipinski definition) is 4. The van der Waals surface area contributed by atoms with Gasteiger partial charge in [0, 0.05) is 13.3 Å². The summed E-state index contributed by atoms with van der Waals surface area (Å²) < 4.78 is 10.3. The average Bonchev–Trinajstić information content (AvgIpc) is 3.13. The molecular formula is C23H20O4. The standard InChI is InChI=1S/C23H20O4/c1-15(24)26-13-3-6-23(25)27-18-9-12-20-17(14-18)8-11-21-19-5-2-4-16(19)7-10-22(20)21/h2,4-5,7-11,14H,3,6,12-13H2,1H3. The third-order valence-corrected chi connectivity index (χ3v) is 4.83. The summed E-state index contributed by atoms with van der Waals surface area (Å²) in [5.74, 6) is -0.0735. The lowest BCUT2D eigenvalue weighted by atomic mass is 9.94. The van der Waals surface area contributed by atoms with E-state index in [1.54, 1.807) is 0 Å². The first-order chi connectivity index (χ1) is 13.1. The zero-order valence-corrected chi connectivity index (χ0v) is 15.2. The summed E-state index contributed by atoms with van der Waals surface area (Å²) in [7, 11) is 0. The third kappa shape index (κ3) is 3.56. The van der Waals surface area contributed by atoms with Gasteiger partial charge in [-0.2, -0.15) is 0 Å². The second kappa shape index (κ2) is 7.23. The van der Waals surface area contributed by atoms with E-state index in [2.05, 4.69) is 42.5 Å². The molecule has 0 fully saturated rings. The molecule has 2 aromatic carbocycles. The number of carbonyl (C=O) groups excluding carboxylic acids is 2. The molecule has 0 heterocycles. The van der Waals surface area contributed by atoms with Crippen molar-refractivity contribution in [2.75, 3.05) is 6.61 Å². The Morgan fingerprint density at radius 1 is 1.07 bits per heavy atom. The van der Waals surface area contributed by atoms with Gasteiger partial charge in [0.25, 0.3) is 0 Å². The van der Waals surface area contributed by atoms with Crippen molar-refractivity contribution in [2.45, 2.75) is 26.2 Å². The molecule has 0 aromatic heterocycles. The van der Waals surface area contributed by atoms with Crippen molar-refractivity contribution in [2.24, 2.45) is 0 Å². The van der Waals surface area contributed by atoms with Crippen molar-refractivity contribution in [3.63, 3.8) is 0 Å². The van der Waals surface area contributed by atoms with E-state index in [1.165, 1.54) is 34.0 Å². The molecule has 0 N–H and O–H groups in total. The first kappa shape index (κ1) is 17.3. The van der Waals surface area contributed by atoms with Crippen LogP contribution in [0, 0.1) is 0 Å². The molecule has 2 aliphatic carbocycles. The second-order valence-corrected chi connectivity index (χ2v) is 6.70. The van der Waals surface area contributed by atoms with Gasteiger partial charge in [0.15, 0.2) is 0 Å². The summed E-state index contributed by atoms with van der Waals surface area (Å²) in [5.41, 5.74) is 2.52. The van der Waals surface area contributed by atoms with Gasteiger partial charge in [-0.3, -0.25) is 9.59 Å². The normalized spacial score (nSPS) is 13.9. The van der Waals surface area contributed by atoms with E-state index in [9.17, 15) is 9.59 Å². The van der Waals surface area contributed by atoms with Gasteiger partial charge in [-0.05, 0) is 57.3 Å². The Balaban J connectivity index is 1.51. The van der Waals surface area contributed by atoms with Crippen molar-refractivity contribution in [3.8, 4) is 0 Å². The highest BCUT2D eigenvalue weighted by atomic mass is 16.5. The molecule has 4 rings (SSSR count). The van der Waals surface area contributed by atoms with Crippen molar-refractivity contribution in [3.05, 3.63) is 63.7 Å². The van der Waals surface area contributed by atoms with Gasteiger partial charge < -0.3 is 9.47 Å². The molecule has 0 atom stereocenters. The molecule has 0 saturated heterocycles. The van der Waals surface area contributed by atoms with Crippen LogP contribution in [-0.4, -0.2) is 18.5 Å². The van der Waals surface area contributed by atoms with Gasteiger partial charge >= 0.3 is 11.9 Å². The van der Waals surface area contributed by atoms with E-state index in [4.69, 9.17) is 9.47 Å². The molecule has 4 nitrogen and oxygen atoms in total. The zero-order chi connectivity index (χ0) is 18.8. The molecule has 136 valence electrons. The Labute approximate surface area is 157 Å². The molecule has 4 heteroatoms. The maximum Gasteiger partial charge on any atom is 0.311 e. The highest BCUT2D eigenvalue weighted by Crippen LogP contribution is 2.23. The van der Waals surface area contributed by atoms with E-state index < -0.39 is 0 Å². The van der Waals surface area contributed by atoms with Crippen LogP contribution in [0.15, 0.2) is 42.2 Å². The van der Waals surface area contributed by atoms with Gasteiger partial charge in [-0.25, -0.2) is 0 Å². The zero-order valence-electron chi connectivity index (χ0n) is 15.2. The number of rotatable bonds is 5. The average molecular weight is 360 g/mol. The lowest BCUT2D eigenvalue weighted by molar-refractivity contribution is -0.144. The summed E-state index contributed by atoms with van der Waals surface area (Å²) in [6.07, 6.45) is 11.6. The predicted octanol–water partition coefficient (Wildman–Crippen LogP) is 2.75. The maximum atomic E-state index is 12.0. The van der Waals surface area contributed by atoms with Crippen molar-refractivity contribution in [1.82, 2.24) is 0 Å². The lowest BCUT2D eigenvalue weighted by Gasteiger charge is -2.14. The summed E-state index contributed by atoms with van der Waals surface area (Å²) in [5, 5.41) is 4.83. The third-order valence-electron chi connectivity index (χ3n) is 4.83. The fourth-order valence-electron chi connectivity index (χ4n) is 3.57. The highest BCUT2D eigenvalue weighted by molar-refractivity contribution is 5.96. The van der Waals surface area contributed by atoms with Crippen LogP contribution in [0.2, 0.25) is 0 Å². The Kier molecular flexibility index (Phi) is 4.63. The first-order valence-corrected chi connectivity index (χ1v) is 9.11. The van der Waals surface area contributed by atoms with E-state index in [1.807, 2.05) is 12.2 Å². The topological polar surface area (TPSA) is 52.6 Å². The fourth-order valence-corrected chi connectivity index (χ4v) is 3.57. The van der Waals surface area contributed by atoms with Gasteiger partial charge in [0.1, 0.15) is 5.76 Å². The van der Waals surface area contributed by atoms with Crippen LogP contribution in [0.4, 0.5) is 0 Å². The minimum atomic E-state index is -0.338. The Morgan fingerprint density at radius 2 is 1.89 bits per heavy atom. The smallest absolute Gasteiger partial charge is 0.311 e. The van der Waals surface area contributed by atoms with Crippen molar-refractivity contribution >= 4 is 40.9 Å². The lowest BCUT2D eigenvalue weighted by Crippen LogP contribution is -2.16. The minimum Gasteiger partial charge on any atom is -0.466 e. The van der Waals surface area contributed by atoms with Crippen LogP contribution < -0.4 is 10.4 Å². The number of benzene rings is 2. The van der Waals surface area contributed by atoms with Gasteiger partial charge in [0.2, 0.25) is 0 Å². The predicted molar refractivity (Wildman–Crippen MR) is 105 cm³/mol. The van der Waals surface area contributed by atoms with Crippen LogP contribution in [0.1, 0.15) is 30.9 Å². The molecule has 0 aliphatic heterocycles. The molecule has 27 heavy (non-hydrogen) atoms. The van der Waals surface area contributed by atoms with Crippen LogP contribution in [0.5, 0.6) is 0 Å². The number of fused-ring (bicyclic) bond motifs is 5. The molecule has 0 unspecified atom stereocenters. The van der Waals surface area contributed by atoms with E-state index in [0.717, 1.165) is 11.6 Å². The van der Waals surface area contributed by atoms with Gasteiger partial charge in [-0.15, -0.1) is 0 Å². The number of carbonyl (C=O) groups is 2. The fraction of sp³-hybridized carbons (Fsp3) is 0.217. The number of esters is 2. The SMILES string of the molecule is CC(=O)OCCCC(=O)OC1=CCc2c(ccc3c4c(ccc23)=CC=C4)=C1. The number of allylic oxidation sites excluding steroid dienone is 3. The van der Waals surface area contributed by atoms with E-state index >= 15 is 0 Å². The van der Waals surface area contributed by atoms with E-state index in [0.29, 0.717) is 12.2 Å². The summed E-state index contributed by atoms with van der Waals surface area (Å²) >= 11 is 0. The van der Waals surface area contributed by atoms with E-state index in [-0.39, 0.29) is 25.0 Å². The Bertz CT molecular complexity index is 1120. The first-order valence-electron chi connectivity index (χ1n) is 9.11. The van der Waals surface area contributed by atoms with Crippen molar-refractivity contribution < 1.29 is 19.1 Å². The Morgan fingerprint density at radius 3 is 2.74 bits per heavy atom. The van der Waals surface area contributed by atoms with Crippen molar-refractivity contribution in [1.29, 1.82) is 0 Å². The molecule has 0 radical (unpaired) electrons. The van der Waals surface area contributed by atoms with Crippen LogP contribution >= 0.6 is 0 Å². The van der Waals surface area contributed by atoms with Crippen LogP contribution in [-0.2, 0) is 25.5 Å². The molecule has 0 saturated carbocycles. The molecule has 0 bridgehead atoms. The molecule has 2 aliphatic rings. The van der Waals surface area contributed by atoms with Crippen LogP contribution in [0.3, 0.4) is 0 Å².